The topological polar surface area (TPSA) is 72.5 Å². The van der Waals surface area contributed by atoms with Crippen molar-refractivity contribution in [1.29, 1.82) is 0 Å². The van der Waals surface area contributed by atoms with E-state index in [1.807, 2.05) is 30.3 Å². The number of hydrogen-bond acceptors (Lipinski definition) is 5. The van der Waals surface area contributed by atoms with Crippen molar-refractivity contribution in [3.8, 4) is 11.5 Å². The van der Waals surface area contributed by atoms with Gasteiger partial charge >= 0.3 is 0 Å². The molecular weight excluding hydrogens is 330 g/mol. The largest absolute Gasteiger partial charge is 0.497 e. The zero-order valence-electron chi connectivity index (χ0n) is 14.5. The van der Waals surface area contributed by atoms with Crippen LogP contribution >= 0.6 is 0 Å². The van der Waals surface area contributed by atoms with Gasteiger partial charge in [0, 0.05) is 11.3 Å². The molecule has 2 N–H and O–H groups in total. The number of nitrogens with one attached hydrogen (secondary N) is 2. The van der Waals surface area contributed by atoms with Crippen molar-refractivity contribution in [2.45, 2.75) is 0 Å². The van der Waals surface area contributed by atoms with Gasteiger partial charge in [-0.05, 0) is 60.7 Å². The van der Waals surface area contributed by atoms with Crippen LogP contribution in [-0.2, 0) is 0 Å². The molecule has 0 atom stereocenters. The Kier molecular flexibility index (Phi) is 5.34. The minimum absolute atomic E-state index is 0.226. The molecule has 0 fully saturated rings. The Morgan fingerprint density at radius 3 is 1.92 bits per heavy atom. The lowest BCUT2D eigenvalue weighted by Gasteiger charge is -2.09. The molecule has 6 heteroatoms. The molecule has 1 heterocycles. The standard InChI is InChI=1S/C20H19N3O3/c1-25-17-8-3-14(4-9-17)20(24)23-19-12-7-16(13-21-19)22-15-5-10-18(26-2)11-6-15/h3-13,22H,1-2H3,(H,21,23,24). The lowest BCUT2D eigenvalue weighted by atomic mass is 10.2. The van der Waals surface area contributed by atoms with Gasteiger partial charge < -0.3 is 20.1 Å². The maximum Gasteiger partial charge on any atom is 0.256 e. The molecule has 0 spiro atoms. The van der Waals surface area contributed by atoms with Gasteiger partial charge in [-0.2, -0.15) is 0 Å². The highest BCUT2D eigenvalue weighted by Gasteiger charge is 2.07. The molecule has 0 saturated heterocycles. The lowest BCUT2D eigenvalue weighted by molar-refractivity contribution is 0.102. The quantitative estimate of drug-likeness (QED) is 0.701. The molecule has 0 bridgehead atoms. The van der Waals surface area contributed by atoms with Crippen LogP contribution < -0.4 is 20.1 Å². The van der Waals surface area contributed by atoms with Gasteiger partial charge in [0.05, 0.1) is 26.1 Å². The number of anilines is 3. The van der Waals surface area contributed by atoms with Gasteiger partial charge in [-0.25, -0.2) is 4.98 Å². The molecule has 3 rings (SSSR count). The van der Waals surface area contributed by atoms with Crippen molar-refractivity contribution in [3.05, 3.63) is 72.4 Å². The van der Waals surface area contributed by atoms with E-state index in [4.69, 9.17) is 9.47 Å². The number of amides is 1. The molecule has 1 amide bonds. The van der Waals surface area contributed by atoms with Gasteiger partial charge in [-0.15, -0.1) is 0 Å². The fourth-order valence-electron chi connectivity index (χ4n) is 2.31. The smallest absolute Gasteiger partial charge is 0.256 e. The molecule has 2 aromatic carbocycles. The first-order chi connectivity index (χ1) is 12.7. The number of aromatic nitrogens is 1. The third-order valence-corrected chi connectivity index (χ3v) is 3.74. The number of benzene rings is 2. The Morgan fingerprint density at radius 2 is 1.38 bits per heavy atom. The van der Waals surface area contributed by atoms with Crippen LogP contribution in [0.3, 0.4) is 0 Å². The number of methoxy groups -OCH3 is 2. The summed E-state index contributed by atoms with van der Waals surface area (Å²) >= 11 is 0. The van der Waals surface area contributed by atoms with Crippen LogP contribution in [0.25, 0.3) is 0 Å². The Labute approximate surface area is 151 Å². The first-order valence-electron chi connectivity index (χ1n) is 8.00. The van der Waals surface area contributed by atoms with Crippen molar-refractivity contribution < 1.29 is 14.3 Å². The summed E-state index contributed by atoms with van der Waals surface area (Å²) < 4.78 is 10.2. The zero-order chi connectivity index (χ0) is 18.4. The Morgan fingerprint density at radius 1 is 0.808 bits per heavy atom. The SMILES string of the molecule is COc1ccc(Nc2ccc(NC(=O)c3ccc(OC)cc3)nc2)cc1. The molecule has 3 aromatic rings. The van der Waals surface area contributed by atoms with Gasteiger partial charge in [-0.3, -0.25) is 4.79 Å². The Balaban J connectivity index is 1.62. The summed E-state index contributed by atoms with van der Waals surface area (Å²) in [6, 6.07) is 18.1. The van der Waals surface area contributed by atoms with Crippen molar-refractivity contribution in [2.75, 3.05) is 24.9 Å². The number of pyridine rings is 1. The highest BCUT2D eigenvalue weighted by Crippen LogP contribution is 2.20. The van der Waals surface area contributed by atoms with E-state index in [1.54, 1.807) is 50.7 Å². The van der Waals surface area contributed by atoms with Crippen molar-refractivity contribution in [3.63, 3.8) is 0 Å². The number of carbonyl (C=O) groups is 1. The van der Waals surface area contributed by atoms with Crippen LogP contribution in [0, 0.1) is 0 Å². The van der Waals surface area contributed by atoms with Crippen molar-refractivity contribution >= 4 is 23.1 Å². The van der Waals surface area contributed by atoms with E-state index in [0.29, 0.717) is 17.1 Å². The second kappa shape index (κ2) is 8.02. The molecule has 6 nitrogen and oxygen atoms in total. The van der Waals surface area contributed by atoms with E-state index in [1.165, 1.54) is 0 Å². The molecule has 1 aromatic heterocycles. The van der Waals surface area contributed by atoms with Crippen molar-refractivity contribution in [1.82, 2.24) is 4.98 Å². The predicted molar refractivity (Wildman–Crippen MR) is 101 cm³/mol. The van der Waals surface area contributed by atoms with Crippen LogP contribution in [0.4, 0.5) is 17.2 Å². The first kappa shape index (κ1) is 17.3. The summed E-state index contributed by atoms with van der Waals surface area (Å²) in [6.07, 6.45) is 1.66. The fraction of sp³-hybridized carbons (Fsp3) is 0.100. The second-order valence-corrected chi connectivity index (χ2v) is 5.47. The molecule has 0 aliphatic heterocycles. The number of ether oxygens (including phenoxy) is 2. The average Bonchev–Trinajstić information content (AvgIpc) is 2.70. The van der Waals surface area contributed by atoms with Crippen LogP contribution in [0.15, 0.2) is 66.9 Å². The molecule has 0 aliphatic carbocycles. The number of rotatable bonds is 6. The van der Waals surface area contributed by atoms with E-state index in [2.05, 4.69) is 15.6 Å². The monoisotopic (exact) mass is 349 g/mol. The van der Waals surface area contributed by atoms with Crippen LogP contribution in [-0.4, -0.2) is 25.1 Å². The lowest BCUT2D eigenvalue weighted by Crippen LogP contribution is -2.12. The molecule has 0 unspecified atom stereocenters. The predicted octanol–water partition coefficient (Wildman–Crippen LogP) is 4.09. The highest BCUT2D eigenvalue weighted by atomic mass is 16.5. The summed E-state index contributed by atoms with van der Waals surface area (Å²) in [7, 11) is 3.21. The minimum Gasteiger partial charge on any atom is -0.497 e. The summed E-state index contributed by atoms with van der Waals surface area (Å²) in [5, 5.41) is 6.00. The van der Waals surface area contributed by atoms with E-state index < -0.39 is 0 Å². The summed E-state index contributed by atoms with van der Waals surface area (Å²) in [5.74, 6) is 1.75. The molecule has 0 aliphatic rings. The highest BCUT2D eigenvalue weighted by molar-refractivity contribution is 6.03. The summed E-state index contributed by atoms with van der Waals surface area (Å²) in [5.41, 5.74) is 2.27. The van der Waals surface area contributed by atoms with Crippen molar-refractivity contribution in [2.24, 2.45) is 0 Å². The average molecular weight is 349 g/mol. The fourth-order valence-corrected chi connectivity index (χ4v) is 2.31. The Hall–Kier alpha value is -3.54. The first-order valence-corrected chi connectivity index (χ1v) is 8.00. The van der Waals surface area contributed by atoms with Gasteiger partial charge in [0.15, 0.2) is 0 Å². The molecule has 0 saturated carbocycles. The zero-order valence-corrected chi connectivity index (χ0v) is 14.5. The molecule has 0 radical (unpaired) electrons. The second-order valence-electron chi connectivity index (χ2n) is 5.47. The third-order valence-electron chi connectivity index (χ3n) is 3.74. The number of nitrogens with zero attached hydrogens (tertiary/aromatic N) is 1. The summed E-state index contributed by atoms with van der Waals surface area (Å²) in [4.78, 5) is 16.5. The minimum atomic E-state index is -0.226. The summed E-state index contributed by atoms with van der Waals surface area (Å²) in [6.45, 7) is 0. The van der Waals surface area contributed by atoms with Gasteiger partial charge in [-0.1, -0.05) is 0 Å². The molecule has 132 valence electrons. The maximum atomic E-state index is 12.2. The van der Waals surface area contributed by atoms with Crippen LogP contribution in [0.5, 0.6) is 11.5 Å². The maximum absolute atomic E-state index is 12.2. The van der Waals surface area contributed by atoms with E-state index in [9.17, 15) is 4.79 Å². The Bertz CT molecular complexity index is 860. The van der Waals surface area contributed by atoms with Crippen LogP contribution in [0.2, 0.25) is 0 Å². The van der Waals surface area contributed by atoms with E-state index >= 15 is 0 Å². The molecular formula is C20H19N3O3. The number of hydrogen-bond donors (Lipinski definition) is 2. The van der Waals surface area contributed by atoms with Crippen LogP contribution in [0.1, 0.15) is 10.4 Å². The van der Waals surface area contributed by atoms with E-state index in [0.717, 1.165) is 17.1 Å². The number of carbonyl (C=O) groups excluding carboxylic acids is 1. The van der Waals surface area contributed by atoms with E-state index in [-0.39, 0.29) is 5.91 Å². The normalized spacial score (nSPS) is 10.1. The van der Waals surface area contributed by atoms with Gasteiger partial charge in [0.2, 0.25) is 0 Å². The molecule has 26 heavy (non-hydrogen) atoms. The third kappa shape index (κ3) is 4.30. The van der Waals surface area contributed by atoms with Gasteiger partial charge in [0.1, 0.15) is 17.3 Å². The van der Waals surface area contributed by atoms with Gasteiger partial charge in [0.25, 0.3) is 5.91 Å².